The maximum absolute atomic E-state index is 4.20. The number of hydrogen-bond donors (Lipinski definition) is 0. The SMILES string of the molecule is Cc1cc(C)c(Br)c(Br)n1. The van der Waals surface area contributed by atoms with Crippen molar-refractivity contribution in [3.63, 3.8) is 0 Å². The van der Waals surface area contributed by atoms with E-state index in [1.165, 1.54) is 5.56 Å². The molecule has 0 atom stereocenters. The highest BCUT2D eigenvalue weighted by Gasteiger charge is 2.00. The maximum atomic E-state index is 4.20. The summed E-state index contributed by atoms with van der Waals surface area (Å²) >= 11 is 6.74. The lowest BCUT2D eigenvalue weighted by molar-refractivity contribution is 1.13. The Kier molecular flexibility index (Phi) is 2.47. The van der Waals surface area contributed by atoms with E-state index in [9.17, 15) is 0 Å². The highest BCUT2D eigenvalue weighted by molar-refractivity contribution is 9.13. The van der Waals surface area contributed by atoms with Crippen LogP contribution in [0, 0.1) is 13.8 Å². The minimum absolute atomic E-state index is 0.880. The first-order valence-corrected chi connectivity index (χ1v) is 4.49. The van der Waals surface area contributed by atoms with Crippen molar-refractivity contribution in [3.8, 4) is 0 Å². The summed E-state index contributed by atoms with van der Waals surface area (Å²) in [6, 6.07) is 2.04. The summed E-state index contributed by atoms with van der Waals surface area (Å²) < 4.78 is 1.92. The van der Waals surface area contributed by atoms with Crippen LogP contribution in [0.25, 0.3) is 0 Å². The quantitative estimate of drug-likeness (QED) is 0.656. The summed E-state index contributed by atoms with van der Waals surface area (Å²) in [7, 11) is 0. The fourth-order valence-corrected chi connectivity index (χ4v) is 1.57. The van der Waals surface area contributed by atoms with Gasteiger partial charge in [-0.25, -0.2) is 4.98 Å². The van der Waals surface area contributed by atoms with Crippen molar-refractivity contribution in [1.29, 1.82) is 0 Å². The van der Waals surface area contributed by atoms with E-state index in [1.807, 2.05) is 19.9 Å². The molecule has 0 amide bonds. The van der Waals surface area contributed by atoms with E-state index in [0.29, 0.717) is 0 Å². The van der Waals surface area contributed by atoms with Crippen LogP contribution in [0.5, 0.6) is 0 Å². The molecule has 1 nitrogen and oxygen atoms in total. The lowest BCUT2D eigenvalue weighted by atomic mass is 10.3. The van der Waals surface area contributed by atoms with Crippen molar-refractivity contribution in [3.05, 3.63) is 26.4 Å². The number of nitrogens with zero attached hydrogens (tertiary/aromatic N) is 1. The van der Waals surface area contributed by atoms with E-state index in [2.05, 4.69) is 36.8 Å². The average molecular weight is 265 g/mol. The molecular formula is C7H7Br2N. The van der Waals surface area contributed by atoms with E-state index < -0.39 is 0 Å². The molecule has 0 unspecified atom stereocenters. The summed E-state index contributed by atoms with van der Waals surface area (Å²) in [5.74, 6) is 0. The summed E-state index contributed by atoms with van der Waals surface area (Å²) in [5.41, 5.74) is 2.24. The van der Waals surface area contributed by atoms with Crippen molar-refractivity contribution in [2.75, 3.05) is 0 Å². The Balaban J connectivity index is 3.31. The zero-order valence-corrected chi connectivity index (χ0v) is 8.95. The number of hydrogen-bond acceptors (Lipinski definition) is 1. The van der Waals surface area contributed by atoms with Gasteiger partial charge in [-0.05, 0) is 57.3 Å². The van der Waals surface area contributed by atoms with Crippen LogP contribution in [0.3, 0.4) is 0 Å². The Morgan fingerprint density at radius 3 is 2.40 bits per heavy atom. The Labute approximate surface area is 77.1 Å². The third-order valence-electron chi connectivity index (χ3n) is 1.23. The molecule has 0 aromatic carbocycles. The van der Waals surface area contributed by atoms with Crippen LogP contribution in [-0.2, 0) is 0 Å². The number of halogens is 2. The number of pyridine rings is 1. The van der Waals surface area contributed by atoms with Gasteiger partial charge in [-0.1, -0.05) is 0 Å². The van der Waals surface area contributed by atoms with Gasteiger partial charge in [0, 0.05) is 5.69 Å². The van der Waals surface area contributed by atoms with Gasteiger partial charge >= 0.3 is 0 Å². The van der Waals surface area contributed by atoms with Gasteiger partial charge in [0.1, 0.15) is 4.60 Å². The fourth-order valence-electron chi connectivity index (χ4n) is 0.776. The van der Waals surface area contributed by atoms with Crippen molar-refractivity contribution in [2.45, 2.75) is 13.8 Å². The molecule has 0 spiro atoms. The van der Waals surface area contributed by atoms with Gasteiger partial charge in [0.15, 0.2) is 0 Å². The van der Waals surface area contributed by atoms with E-state index in [4.69, 9.17) is 0 Å². The smallest absolute Gasteiger partial charge is 0.120 e. The fraction of sp³-hybridized carbons (Fsp3) is 0.286. The van der Waals surface area contributed by atoms with Gasteiger partial charge in [-0.15, -0.1) is 0 Å². The zero-order valence-electron chi connectivity index (χ0n) is 5.78. The van der Waals surface area contributed by atoms with E-state index in [-0.39, 0.29) is 0 Å². The maximum Gasteiger partial charge on any atom is 0.120 e. The van der Waals surface area contributed by atoms with Gasteiger partial charge in [0.05, 0.1) is 4.47 Å². The molecule has 0 aliphatic carbocycles. The van der Waals surface area contributed by atoms with Crippen LogP contribution in [-0.4, -0.2) is 4.98 Å². The predicted octanol–water partition coefficient (Wildman–Crippen LogP) is 3.22. The predicted molar refractivity (Wildman–Crippen MR) is 49.1 cm³/mol. The van der Waals surface area contributed by atoms with Crippen LogP contribution in [0.1, 0.15) is 11.3 Å². The first kappa shape index (κ1) is 8.21. The van der Waals surface area contributed by atoms with Crippen molar-refractivity contribution in [2.24, 2.45) is 0 Å². The van der Waals surface area contributed by atoms with Crippen molar-refractivity contribution in [1.82, 2.24) is 4.98 Å². The molecule has 1 rings (SSSR count). The second kappa shape index (κ2) is 3.01. The molecule has 1 heterocycles. The zero-order chi connectivity index (χ0) is 7.72. The van der Waals surface area contributed by atoms with Gasteiger partial charge < -0.3 is 0 Å². The Bertz CT molecular complexity index is 235. The standard InChI is InChI=1S/C7H7Br2N/c1-4-3-5(2)10-7(9)6(4)8/h3H,1-2H3. The first-order chi connectivity index (χ1) is 4.61. The second-order valence-electron chi connectivity index (χ2n) is 2.19. The third kappa shape index (κ3) is 1.58. The summed E-state index contributed by atoms with van der Waals surface area (Å²) in [5, 5.41) is 0. The first-order valence-electron chi connectivity index (χ1n) is 2.90. The number of aryl methyl sites for hydroxylation is 2. The highest BCUT2D eigenvalue weighted by atomic mass is 79.9. The van der Waals surface area contributed by atoms with Crippen molar-refractivity contribution >= 4 is 31.9 Å². The topological polar surface area (TPSA) is 12.9 Å². The molecule has 0 saturated heterocycles. The molecule has 1 aromatic rings. The molecule has 10 heavy (non-hydrogen) atoms. The molecule has 3 heteroatoms. The largest absolute Gasteiger partial charge is 0.245 e. The molecule has 0 radical (unpaired) electrons. The Morgan fingerprint density at radius 2 is 1.90 bits per heavy atom. The summed E-state index contributed by atoms with van der Waals surface area (Å²) in [6.07, 6.45) is 0. The molecule has 1 aromatic heterocycles. The molecular weight excluding hydrogens is 258 g/mol. The van der Waals surface area contributed by atoms with Gasteiger partial charge in [0.2, 0.25) is 0 Å². The highest BCUT2D eigenvalue weighted by Crippen LogP contribution is 2.24. The monoisotopic (exact) mass is 263 g/mol. The molecule has 54 valence electrons. The van der Waals surface area contributed by atoms with E-state index in [1.54, 1.807) is 0 Å². The number of aromatic nitrogens is 1. The van der Waals surface area contributed by atoms with E-state index in [0.717, 1.165) is 14.8 Å². The lowest BCUT2D eigenvalue weighted by Crippen LogP contribution is -1.86. The normalized spacial score (nSPS) is 10.0. The van der Waals surface area contributed by atoms with Crippen LogP contribution in [0.2, 0.25) is 0 Å². The van der Waals surface area contributed by atoms with Gasteiger partial charge in [0.25, 0.3) is 0 Å². The van der Waals surface area contributed by atoms with E-state index >= 15 is 0 Å². The third-order valence-corrected chi connectivity index (χ3v) is 3.33. The van der Waals surface area contributed by atoms with Crippen molar-refractivity contribution < 1.29 is 0 Å². The molecule has 0 N–H and O–H groups in total. The molecule has 0 fully saturated rings. The lowest BCUT2D eigenvalue weighted by Gasteiger charge is -2.00. The van der Waals surface area contributed by atoms with Crippen LogP contribution < -0.4 is 0 Å². The molecule has 0 aliphatic heterocycles. The second-order valence-corrected chi connectivity index (χ2v) is 3.73. The van der Waals surface area contributed by atoms with Gasteiger partial charge in [-0.3, -0.25) is 0 Å². The van der Waals surface area contributed by atoms with Gasteiger partial charge in [-0.2, -0.15) is 0 Å². The Hall–Kier alpha value is 0.110. The summed E-state index contributed by atoms with van der Waals surface area (Å²) in [4.78, 5) is 4.20. The van der Waals surface area contributed by atoms with Crippen LogP contribution in [0.15, 0.2) is 15.1 Å². The Morgan fingerprint density at radius 1 is 1.30 bits per heavy atom. The average Bonchev–Trinajstić information content (AvgIpc) is 1.82. The molecule has 0 bridgehead atoms. The van der Waals surface area contributed by atoms with Crippen LogP contribution >= 0.6 is 31.9 Å². The number of rotatable bonds is 0. The molecule has 0 saturated carbocycles. The molecule has 0 aliphatic rings. The summed E-state index contributed by atoms with van der Waals surface area (Å²) in [6.45, 7) is 4.02. The minimum Gasteiger partial charge on any atom is -0.245 e. The van der Waals surface area contributed by atoms with Crippen LogP contribution in [0.4, 0.5) is 0 Å². The minimum atomic E-state index is 0.880.